The summed E-state index contributed by atoms with van der Waals surface area (Å²) in [4.78, 5) is 40.0. The lowest BCUT2D eigenvalue weighted by atomic mass is 9.53. The molecule has 1 aromatic heterocycles. The van der Waals surface area contributed by atoms with Crippen molar-refractivity contribution in [3.05, 3.63) is 22.5 Å². The zero-order valence-corrected chi connectivity index (χ0v) is 17.4. The van der Waals surface area contributed by atoms with E-state index in [0.29, 0.717) is 16.8 Å². The number of aromatic amines is 1. The van der Waals surface area contributed by atoms with Gasteiger partial charge < -0.3 is 19.8 Å². The van der Waals surface area contributed by atoms with Crippen LogP contribution in [-0.2, 0) is 14.3 Å². The number of carbonyl (C=O) groups is 3. The maximum absolute atomic E-state index is 12.5. The van der Waals surface area contributed by atoms with Crippen LogP contribution in [0.5, 0.6) is 0 Å². The molecule has 158 valence electrons. The normalized spacial score (nSPS) is 29.6. The molecule has 0 aromatic carbocycles. The monoisotopic (exact) mass is 402 g/mol. The fraction of sp³-hybridized carbons (Fsp3) is 0.682. The highest BCUT2D eigenvalue weighted by Crippen LogP contribution is 2.55. The number of ether oxygens (including phenoxy) is 2. The van der Waals surface area contributed by atoms with Crippen LogP contribution < -0.4 is 5.32 Å². The van der Waals surface area contributed by atoms with Crippen molar-refractivity contribution >= 4 is 17.8 Å². The molecule has 0 radical (unpaired) electrons. The lowest BCUT2D eigenvalue weighted by Gasteiger charge is -2.56. The van der Waals surface area contributed by atoms with Gasteiger partial charge in [-0.25, -0.2) is 9.59 Å². The Morgan fingerprint density at radius 3 is 2.14 bits per heavy atom. The van der Waals surface area contributed by atoms with Gasteiger partial charge in [0.1, 0.15) is 5.69 Å². The van der Waals surface area contributed by atoms with E-state index >= 15 is 0 Å². The average molecular weight is 402 g/mol. The summed E-state index contributed by atoms with van der Waals surface area (Å²) >= 11 is 0. The summed E-state index contributed by atoms with van der Waals surface area (Å²) < 4.78 is 10.3. The van der Waals surface area contributed by atoms with Crippen molar-refractivity contribution in [2.24, 2.45) is 17.8 Å². The number of nitrogens with one attached hydrogen (secondary N) is 2. The SMILES string of the molecule is CCOC(=O)c1c(C)[nH]c(C(=O)OCC(=O)NC23CC4CC(CC(C4)C2)C3)c1C. The van der Waals surface area contributed by atoms with Crippen LogP contribution in [0, 0.1) is 31.6 Å². The third-order valence-electron chi connectivity index (χ3n) is 6.90. The van der Waals surface area contributed by atoms with Gasteiger partial charge in [-0.1, -0.05) is 0 Å². The first kappa shape index (κ1) is 20.0. The van der Waals surface area contributed by atoms with E-state index in [-0.39, 0.29) is 30.4 Å². The Balaban J connectivity index is 1.36. The van der Waals surface area contributed by atoms with Gasteiger partial charge in [-0.3, -0.25) is 4.79 Å². The highest BCUT2D eigenvalue weighted by atomic mass is 16.5. The molecule has 4 aliphatic rings. The highest BCUT2D eigenvalue weighted by Gasteiger charge is 2.51. The number of carbonyl (C=O) groups excluding carboxylic acids is 3. The molecule has 0 aliphatic heterocycles. The van der Waals surface area contributed by atoms with E-state index in [4.69, 9.17) is 9.47 Å². The van der Waals surface area contributed by atoms with Gasteiger partial charge >= 0.3 is 11.9 Å². The van der Waals surface area contributed by atoms with Crippen LogP contribution in [0.3, 0.4) is 0 Å². The number of aromatic nitrogens is 1. The number of esters is 2. The molecule has 0 atom stereocenters. The number of hydrogen-bond donors (Lipinski definition) is 2. The van der Waals surface area contributed by atoms with E-state index in [9.17, 15) is 14.4 Å². The van der Waals surface area contributed by atoms with Crippen LogP contribution in [0.2, 0.25) is 0 Å². The molecule has 4 bridgehead atoms. The van der Waals surface area contributed by atoms with E-state index in [1.807, 2.05) is 0 Å². The molecule has 0 spiro atoms. The van der Waals surface area contributed by atoms with Crippen molar-refractivity contribution in [2.75, 3.05) is 13.2 Å². The third kappa shape index (κ3) is 3.79. The molecule has 4 aliphatic carbocycles. The molecule has 7 heteroatoms. The van der Waals surface area contributed by atoms with Crippen molar-refractivity contribution in [1.82, 2.24) is 10.3 Å². The van der Waals surface area contributed by atoms with Crippen LogP contribution in [0.4, 0.5) is 0 Å². The average Bonchev–Trinajstić information content (AvgIpc) is 2.92. The van der Waals surface area contributed by atoms with Crippen molar-refractivity contribution in [3.8, 4) is 0 Å². The fourth-order valence-corrected chi connectivity index (χ4v) is 6.26. The van der Waals surface area contributed by atoms with Crippen LogP contribution in [0.1, 0.15) is 77.6 Å². The first-order chi connectivity index (χ1) is 13.8. The fourth-order valence-electron chi connectivity index (χ4n) is 6.26. The van der Waals surface area contributed by atoms with Crippen molar-refractivity contribution in [3.63, 3.8) is 0 Å². The predicted molar refractivity (Wildman–Crippen MR) is 106 cm³/mol. The van der Waals surface area contributed by atoms with E-state index < -0.39 is 11.9 Å². The second kappa shape index (κ2) is 7.50. The van der Waals surface area contributed by atoms with Gasteiger partial charge in [-0.15, -0.1) is 0 Å². The molecule has 7 nitrogen and oxygen atoms in total. The zero-order valence-electron chi connectivity index (χ0n) is 17.4. The number of aryl methyl sites for hydroxylation is 1. The highest BCUT2D eigenvalue weighted by molar-refractivity contribution is 5.99. The minimum absolute atomic E-state index is 0.103. The minimum Gasteiger partial charge on any atom is -0.462 e. The number of amides is 1. The molecule has 4 saturated carbocycles. The first-order valence-corrected chi connectivity index (χ1v) is 10.6. The van der Waals surface area contributed by atoms with Gasteiger partial charge in [0.15, 0.2) is 6.61 Å². The van der Waals surface area contributed by atoms with Gasteiger partial charge in [-0.2, -0.15) is 0 Å². The molecule has 2 N–H and O–H groups in total. The van der Waals surface area contributed by atoms with Crippen molar-refractivity contribution in [1.29, 1.82) is 0 Å². The zero-order chi connectivity index (χ0) is 20.8. The Labute approximate surface area is 170 Å². The van der Waals surface area contributed by atoms with Crippen LogP contribution >= 0.6 is 0 Å². The van der Waals surface area contributed by atoms with Crippen LogP contribution in [-0.4, -0.2) is 41.6 Å². The third-order valence-corrected chi connectivity index (χ3v) is 6.90. The lowest BCUT2D eigenvalue weighted by Crippen LogP contribution is -2.60. The van der Waals surface area contributed by atoms with Gasteiger partial charge in [0, 0.05) is 11.2 Å². The maximum Gasteiger partial charge on any atom is 0.355 e. The van der Waals surface area contributed by atoms with E-state index in [1.54, 1.807) is 20.8 Å². The van der Waals surface area contributed by atoms with E-state index in [0.717, 1.165) is 37.0 Å². The van der Waals surface area contributed by atoms with Crippen molar-refractivity contribution < 1.29 is 23.9 Å². The van der Waals surface area contributed by atoms with E-state index in [2.05, 4.69) is 10.3 Å². The van der Waals surface area contributed by atoms with Gasteiger partial charge in [0.2, 0.25) is 0 Å². The summed E-state index contributed by atoms with van der Waals surface area (Å²) in [5.41, 5.74) is 1.46. The molecule has 0 saturated heterocycles. The standard InChI is InChI=1S/C22H30N2O5/c1-4-28-20(26)18-12(2)19(23-13(18)3)21(27)29-11-17(25)24-22-8-14-5-15(9-22)7-16(6-14)10-22/h14-16,23H,4-11H2,1-3H3,(H,24,25). The van der Waals surface area contributed by atoms with Gasteiger partial charge in [0.05, 0.1) is 12.2 Å². The summed E-state index contributed by atoms with van der Waals surface area (Å²) in [6.45, 7) is 5.05. The summed E-state index contributed by atoms with van der Waals surface area (Å²) in [5, 5.41) is 3.20. The molecule has 4 fully saturated rings. The Kier molecular flexibility index (Phi) is 5.17. The molecular weight excluding hydrogens is 372 g/mol. The smallest absolute Gasteiger partial charge is 0.355 e. The minimum atomic E-state index is -0.637. The molecule has 1 heterocycles. The molecule has 1 amide bonds. The Morgan fingerprint density at radius 1 is 1.00 bits per heavy atom. The number of rotatable bonds is 6. The summed E-state index contributed by atoms with van der Waals surface area (Å²) in [5.74, 6) is 0.839. The maximum atomic E-state index is 12.5. The Bertz CT molecular complexity index is 805. The lowest BCUT2D eigenvalue weighted by molar-refractivity contribution is -0.130. The summed E-state index contributed by atoms with van der Waals surface area (Å²) in [6.07, 6.45) is 7.07. The van der Waals surface area contributed by atoms with Crippen LogP contribution in [0.25, 0.3) is 0 Å². The number of hydrogen-bond acceptors (Lipinski definition) is 5. The summed E-state index contributed by atoms with van der Waals surface area (Å²) in [6, 6.07) is 0. The number of H-pyrrole nitrogens is 1. The molecular formula is C22H30N2O5. The molecule has 1 aromatic rings. The molecule has 29 heavy (non-hydrogen) atoms. The topological polar surface area (TPSA) is 97.5 Å². The van der Waals surface area contributed by atoms with E-state index in [1.165, 1.54) is 19.3 Å². The Hall–Kier alpha value is -2.31. The van der Waals surface area contributed by atoms with Crippen molar-refractivity contribution in [2.45, 2.75) is 64.8 Å². The Morgan fingerprint density at radius 2 is 1.59 bits per heavy atom. The van der Waals surface area contributed by atoms with Crippen LogP contribution in [0.15, 0.2) is 0 Å². The quantitative estimate of drug-likeness (QED) is 0.713. The largest absolute Gasteiger partial charge is 0.462 e. The first-order valence-electron chi connectivity index (χ1n) is 10.6. The van der Waals surface area contributed by atoms with Gasteiger partial charge in [-0.05, 0) is 82.6 Å². The molecule has 0 unspecified atom stereocenters. The summed E-state index contributed by atoms with van der Waals surface area (Å²) in [7, 11) is 0. The van der Waals surface area contributed by atoms with Gasteiger partial charge in [0.25, 0.3) is 5.91 Å². The molecule has 5 rings (SSSR count). The second-order valence-electron chi connectivity index (χ2n) is 9.17. The second-order valence-corrected chi connectivity index (χ2v) is 9.17. The predicted octanol–water partition coefficient (Wildman–Crippen LogP) is 3.05.